The van der Waals surface area contributed by atoms with Crippen LogP contribution < -0.4 is 46.7 Å². The van der Waals surface area contributed by atoms with Crippen molar-refractivity contribution in [3.8, 4) is 11.5 Å². The summed E-state index contributed by atoms with van der Waals surface area (Å²) in [7, 11) is -9.89. The molecule has 0 saturated carbocycles. The summed E-state index contributed by atoms with van der Waals surface area (Å²) in [5.41, 5.74) is 2.78. The molecule has 0 unspecified atom stereocenters. The Morgan fingerprint density at radius 3 is 1.38 bits per heavy atom. The van der Waals surface area contributed by atoms with Crippen LogP contribution in [0.1, 0.15) is 5.69 Å². The molecule has 1 radical (unpaired) electrons. The molecule has 0 spiro atoms. The average Bonchev–Trinajstić information content (AvgIpc) is 2.96. The first-order valence-electron chi connectivity index (χ1n) is 12.7. The summed E-state index contributed by atoms with van der Waals surface area (Å²) < 4.78 is 80.2. The molecule has 0 amide bonds. The molecule has 17 heteroatoms. The number of aromatic nitrogens is 3. The largest absolute Gasteiger partial charge is 2.00 e. The van der Waals surface area contributed by atoms with Crippen molar-refractivity contribution in [3.63, 3.8) is 0 Å². The Kier molecular flexibility index (Phi) is 15.7. The van der Waals surface area contributed by atoms with Crippen LogP contribution in [0.15, 0.2) is 97.5 Å². The van der Waals surface area contributed by atoms with E-state index in [1.54, 1.807) is 12.4 Å². The second kappa shape index (κ2) is 18.7. The van der Waals surface area contributed by atoms with Crippen LogP contribution in [0.4, 0.5) is 0 Å². The van der Waals surface area contributed by atoms with Crippen LogP contribution in [0.25, 0.3) is 21.8 Å². The van der Waals surface area contributed by atoms with Crippen LogP contribution in [0.5, 0.6) is 11.5 Å². The van der Waals surface area contributed by atoms with Gasteiger partial charge >= 0.3 is 17.1 Å². The molecule has 5 aromatic rings. The number of nitrogens with zero attached hydrogens (tertiary/aromatic N) is 4. The third-order valence-electron chi connectivity index (χ3n) is 5.63. The third kappa shape index (κ3) is 15.5. The number of fused-ring (bicyclic) bond motifs is 2. The summed E-state index contributed by atoms with van der Waals surface area (Å²) in [5.74, 6) is 1.60. The Labute approximate surface area is 272 Å². The van der Waals surface area contributed by atoms with Crippen LogP contribution >= 0.6 is 0 Å². The van der Waals surface area contributed by atoms with Crippen molar-refractivity contribution in [2.24, 2.45) is 0 Å². The smallest absolute Gasteiger partial charge is 0.490 e. The van der Waals surface area contributed by atoms with Gasteiger partial charge in [-0.2, -0.15) is 0 Å². The van der Waals surface area contributed by atoms with Gasteiger partial charge in [0.1, 0.15) is 35.7 Å². The molecule has 0 aliphatic rings. The Balaban J connectivity index is 0.000000560. The van der Waals surface area contributed by atoms with Crippen LogP contribution in [-0.2, 0) is 23.6 Å². The van der Waals surface area contributed by atoms with Crippen molar-refractivity contribution in [3.05, 3.63) is 103 Å². The van der Waals surface area contributed by atoms with Gasteiger partial charge in [0, 0.05) is 49.0 Å². The first-order chi connectivity index (χ1) is 20.9. The van der Waals surface area contributed by atoms with E-state index in [9.17, 15) is 0 Å². The number of hydrogen-bond acceptors (Lipinski definition) is 14. The molecule has 3 aromatic heterocycles. The van der Waals surface area contributed by atoms with Gasteiger partial charge in [0.05, 0.1) is 5.69 Å². The van der Waals surface area contributed by atoms with Gasteiger partial charge in [0.2, 0.25) is 0 Å². The van der Waals surface area contributed by atoms with Gasteiger partial charge in [-0.15, -0.1) is 20.5 Å². The number of halogens is 2. The molecule has 0 atom stereocenters. The topological polar surface area (TPSA) is 245 Å². The van der Waals surface area contributed by atoms with E-state index in [1.807, 2.05) is 85.1 Å². The summed E-state index contributed by atoms with van der Waals surface area (Å²) in [4.78, 5) is 15.7. The number of benzene rings is 2. The molecular weight excluding hydrogens is 687 g/mol. The van der Waals surface area contributed by atoms with Gasteiger partial charge in [0.15, 0.2) is 0 Å². The fourth-order valence-corrected chi connectivity index (χ4v) is 3.95. The molecule has 0 bridgehead atoms. The maximum Gasteiger partial charge on any atom is 2.00 e. The number of rotatable bonds is 10. The molecule has 0 aliphatic heterocycles. The number of para-hydroxylation sites is 2. The van der Waals surface area contributed by atoms with E-state index in [1.165, 1.54) is 0 Å². The molecule has 3 heterocycles. The second-order valence-corrected chi connectivity index (χ2v) is 10.2. The summed E-state index contributed by atoms with van der Waals surface area (Å²) in [6.45, 7) is 3.26. The Morgan fingerprint density at radius 1 is 0.533 bits per heavy atom. The van der Waals surface area contributed by atoms with Crippen molar-refractivity contribution in [1.82, 2.24) is 19.9 Å². The standard InChI is InChI=1S/C28H26N4O2.2ClHO4.Cu/c1-2-14-29-24(11-1)21-32(17-19-33-25-12-3-7-22-9-5-15-30-27(22)25)18-20-34-26-13-4-8-23-10-6-16-31-28(23)26;2*2-1(3,4)5;/h1-16H,17-21H2;2*(H,2,3,4,5);/q;;;+2/p-2. The van der Waals surface area contributed by atoms with Crippen molar-refractivity contribution in [2.45, 2.75) is 6.54 Å². The molecular formula is C28H26Cl2CuN4O10. The zero-order chi connectivity index (χ0) is 32.0. The van der Waals surface area contributed by atoms with E-state index in [0.717, 1.165) is 58.6 Å². The average molecular weight is 713 g/mol. The molecule has 0 saturated heterocycles. The van der Waals surface area contributed by atoms with E-state index in [-0.39, 0.29) is 17.1 Å². The second-order valence-electron chi connectivity index (χ2n) is 8.71. The quantitative estimate of drug-likeness (QED) is 0.124. The fraction of sp³-hybridized carbons (Fsp3) is 0.179. The molecule has 0 fully saturated rings. The minimum atomic E-state index is -4.94. The van der Waals surface area contributed by atoms with Gasteiger partial charge < -0.3 is 9.47 Å². The normalized spacial score (nSPS) is 11.1. The van der Waals surface area contributed by atoms with Crippen LogP contribution in [0.2, 0.25) is 0 Å². The molecule has 5 rings (SSSR count). The van der Waals surface area contributed by atoms with Gasteiger partial charge in [-0.1, -0.05) is 42.5 Å². The van der Waals surface area contributed by atoms with Crippen molar-refractivity contribution < 1.29 is 84.3 Å². The molecule has 45 heavy (non-hydrogen) atoms. The molecule has 0 N–H and O–H groups in total. The summed E-state index contributed by atoms with van der Waals surface area (Å²) in [5, 5.41) is 2.14. The number of hydrogen-bond donors (Lipinski definition) is 0. The zero-order valence-corrected chi connectivity index (χ0v) is 25.7. The van der Waals surface area contributed by atoms with Gasteiger partial charge in [0.25, 0.3) is 0 Å². The van der Waals surface area contributed by atoms with Gasteiger partial charge in [-0.05, 0) is 36.4 Å². The number of pyridine rings is 3. The van der Waals surface area contributed by atoms with Crippen LogP contribution in [-0.4, -0.2) is 46.2 Å². The van der Waals surface area contributed by atoms with Crippen LogP contribution in [0, 0.1) is 20.5 Å². The van der Waals surface area contributed by atoms with Crippen molar-refractivity contribution >= 4 is 21.8 Å². The molecule has 243 valence electrons. The molecule has 14 nitrogen and oxygen atoms in total. The number of ether oxygens (including phenoxy) is 2. The van der Waals surface area contributed by atoms with Crippen LogP contribution in [0.3, 0.4) is 0 Å². The van der Waals surface area contributed by atoms with Crippen molar-refractivity contribution in [1.29, 1.82) is 0 Å². The predicted molar refractivity (Wildman–Crippen MR) is 134 cm³/mol. The monoisotopic (exact) mass is 711 g/mol. The minimum absolute atomic E-state index is 0. The first kappa shape index (κ1) is 37.9. The maximum atomic E-state index is 8.49. The van der Waals surface area contributed by atoms with E-state index >= 15 is 0 Å². The predicted octanol–water partition coefficient (Wildman–Crippen LogP) is -4.38. The van der Waals surface area contributed by atoms with E-state index in [0.29, 0.717) is 13.2 Å². The molecule has 2 aromatic carbocycles. The van der Waals surface area contributed by atoms with Crippen molar-refractivity contribution in [2.75, 3.05) is 26.3 Å². The summed E-state index contributed by atoms with van der Waals surface area (Å²) >= 11 is 0. The first-order valence-corrected chi connectivity index (χ1v) is 15.1. The fourth-order valence-electron chi connectivity index (χ4n) is 3.95. The summed E-state index contributed by atoms with van der Waals surface area (Å²) in [6, 6.07) is 26.0. The Bertz CT molecular complexity index is 1460. The third-order valence-corrected chi connectivity index (χ3v) is 5.63. The van der Waals surface area contributed by atoms with Gasteiger partial charge in [-0.25, -0.2) is 37.3 Å². The minimum Gasteiger partial charge on any atom is -0.490 e. The Hall–Kier alpha value is -3.25. The Morgan fingerprint density at radius 2 is 0.956 bits per heavy atom. The molecule has 0 aliphatic carbocycles. The summed E-state index contributed by atoms with van der Waals surface area (Å²) in [6.07, 6.45) is 5.41. The van der Waals surface area contributed by atoms with E-state index in [2.05, 4.69) is 19.9 Å². The SMILES string of the molecule is [Cu+2].[O-][Cl+3]([O-])([O-])[O-].[O-][Cl+3]([O-])([O-])[O-].c1ccc(CN(CCOc2cccc3cccnc23)CCOc2cccc3cccnc23)nc1. The zero-order valence-electron chi connectivity index (χ0n) is 23.2. The van der Waals surface area contributed by atoms with Gasteiger partial charge in [-0.3, -0.25) is 19.9 Å². The van der Waals surface area contributed by atoms with E-state index in [4.69, 9.17) is 46.7 Å². The maximum absolute atomic E-state index is 8.49. The van der Waals surface area contributed by atoms with E-state index < -0.39 is 20.5 Å².